The first kappa shape index (κ1) is 20.3. The summed E-state index contributed by atoms with van der Waals surface area (Å²) in [6.07, 6.45) is 6.14. The van der Waals surface area contributed by atoms with Gasteiger partial charge in [-0.15, -0.1) is 0 Å². The Kier molecular flexibility index (Phi) is 5.48. The average Bonchev–Trinajstić information content (AvgIpc) is 3.24. The van der Waals surface area contributed by atoms with Crippen molar-refractivity contribution in [2.45, 2.75) is 19.8 Å². The van der Waals surface area contributed by atoms with Crippen LogP contribution in [0.15, 0.2) is 53.7 Å². The Morgan fingerprint density at radius 1 is 1.06 bits per heavy atom. The monoisotopic (exact) mass is 420 g/mol. The molecule has 0 saturated carbocycles. The summed E-state index contributed by atoms with van der Waals surface area (Å²) in [4.78, 5) is 41.2. The van der Waals surface area contributed by atoms with Gasteiger partial charge in [0.05, 0.1) is 36.4 Å². The number of methoxy groups -OCH3 is 1. The predicted molar refractivity (Wildman–Crippen MR) is 113 cm³/mol. The molecule has 0 aliphatic carbocycles. The molecular formula is C22H20N4O5. The summed E-state index contributed by atoms with van der Waals surface area (Å²) in [5, 5.41) is 4.51. The molecule has 0 bridgehead atoms. The Labute approximate surface area is 176 Å². The Balaban J connectivity index is 1.70. The predicted octanol–water partition coefficient (Wildman–Crippen LogP) is 2.78. The van der Waals surface area contributed by atoms with Crippen LogP contribution in [0.5, 0.6) is 0 Å². The zero-order valence-corrected chi connectivity index (χ0v) is 17.1. The van der Waals surface area contributed by atoms with E-state index in [-0.39, 0.29) is 11.1 Å². The third-order valence-electron chi connectivity index (χ3n) is 4.91. The van der Waals surface area contributed by atoms with Crippen LogP contribution < -0.4 is 5.56 Å². The SMILES string of the molecule is CCCCOC(=O)c1ccc(-n2ccc3c(cnc4c(C(=O)OC)cnn43)c2=O)cc1. The highest BCUT2D eigenvalue weighted by molar-refractivity contribution is 5.96. The summed E-state index contributed by atoms with van der Waals surface area (Å²) in [6, 6.07) is 8.32. The number of unbranched alkanes of at least 4 members (excludes halogenated alkanes) is 1. The lowest BCUT2D eigenvalue weighted by atomic mass is 10.2. The molecule has 0 amide bonds. The van der Waals surface area contributed by atoms with Crippen LogP contribution >= 0.6 is 0 Å². The lowest BCUT2D eigenvalue weighted by Crippen LogP contribution is -2.19. The van der Waals surface area contributed by atoms with E-state index in [0.29, 0.717) is 34.4 Å². The van der Waals surface area contributed by atoms with Gasteiger partial charge in [-0.1, -0.05) is 13.3 Å². The van der Waals surface area contributed by atoms with Gasteiger partial charge < -0.3 is 9.47 Å². The maximum atomic E-state index is 13.1. The molecule has 0 fully saturated rings. The smallest absolute Gasteiger partial charge is 0.343 e. The number of pyridine rings is 1. The van der Waals surface area contributed by atoms with Crippen LogP contribution in [0.3, 0.4) is 0 Å². The summed E-state index contributed by atoms with van der Waals surface area (Å²) >= 11 is 0. The van der Waals surface area contributed by atoms with Crippen molar-refractivity contribution in [3.8, 4) is 5.69 Å². The normalized spacial score (nSPS) is 11.0. The van der Waals surface area contributed by atoms with Gasteiger partial charge >= 0.3 is 11.9 Å². The van der Waals surface area contributed by atoms with E-state index in [1.165, 1.54) is 28.6 Å². The van der Waals surface area contributed by atoms with E-state index in [4.69, 9.17) is 9.47 Å². The molecule has 0 saturated heterocycles. The quantitative estimate of drug-likeness (QED) is 0.349. The summed E-state index contributed by atoms with van der Waals surface area (Å²) in [7, 11) is 1.28. The van der Waals surface area contributed by atoms with Crippen molar-refractivity contribution in [2.24, 2.45) is 0 Å². The molecule has 3 aromatic heterocycles. The Bertz CT molecular complexity index is 1340. The summed E-state index contributed by atoms with van der Waals surface area (Å²) in [5.41, 5.74) is 1.74. The topological polar surface area (TPSA) is 105 Å². The highest BCUT2D eigenvalue weighted by atomic mass is 16.5. The van der Waals surface area contributed by atoms with Crippen LogP contribution in [0.4, 0.5) is 0 Å². The molecule has 31 heavy (non-hydrogen) atoms. The molecule has 0 aliphatic heterocycles. The largest absolute Gasteiger partial charge is 0.465 e. The van der Waals surface area contributed by atoms with Gasteiger partial charge in [-0.2, -0.15) is 5.10 Å². The van der Waals surface area contributed by atoms with Crippen LogP contribution in [-0.2, 0) is 9.47 Å². The summed E-state index contributed by atoms with van der Waals surface area (Å²) in [6.45, 7) is 2.41. The molecule has 1 aromatic carbocycles. The minimum Gasteiger partial charge on any atom is -0.465 e. The Morgan fingerprint density at radius 3 is 2.55 bits per heavy atom. The number of fused-ring (bicyclic) bond motifs is 3. The number of benzene rings is 1. The molecule has 158 valence electrons. The molecule has 0 radical (unpaired) electrons. The minimum absolute atomic E-state index is 0.218. The van der Waals surface area contributed by atoms with E-state index in [0.717, 1.165) is 12.8 Å². The highest BCUT2D eigenvalue weighted by Crippen LogP contribution is 2.17. The second-order valence-electron chi connectivity index (χ2n) is 6.87. The number of esters is 2. The number of nitrogens with zero attached hydrogens (tertiary/aromatic N) is 4. The van der Waals surface area contributed by atoms with Crippen LogP contribution in [0.25, 0.3) is 22.2 Å². The zero-order chi connectivity index (χ0) is 22.0. The number of aromatic nitrogens is 4. The summed E-state index contributed by atoms with van der Waals surface area (Å²) < 4.78 is 12.8. The molecular weight excluding hydrogens is 400 g/mol. The lowest BCUT2D eigenvalue weighted by Gasteiger charge is -2.09. The van der Waals surface area contributed by atoms with E-state index >= 15 is 0 Å². The molecule has 4 aromatic rings. The molecule has 3 heterocycles. The van der Waals surface area contributed by atoms with Gasteiger partial charge in [0.25, 0.3) is 5.56 Å². The van der Waals surface area contributed by atoms with Crippen molar-refractivity contribution in [3.05, 3.63) is 70.4 Å². The first-order valence-electron chi connectivity index (χ1n) is 9.79. The fraction of sp³-hybridized carbons (Fsp3) is 0.227. The number of hydrogen-bond donors (Lipinski definition) is 0. The molecule has 0 aliphatic rings. The Morgan fingerprint density at radius 2 is 1.84 bits per heavy atom. The average molecular weight is 420 g/mol. The van der Waals surface area contributed by atoms with Crippen molar-refractivity contribution in [2.75, 3.05) is 13.7 Å². The molecule has 9 heteroatoms. The van der Waals surface area contributed by atoms with Gasteiger partial charge in [-0.05, 0) is 36.8 Å². The van der Waals surface area contributed by atoms with E-state index < -0.39 is 11.9 Å². The van der Waals surface area contributed by atoms with Crippen LogP contribution in [0, 0.1) is 0 Å². The van der Waals surface area contributed by atoms with E-state index in [1.807, 2.05) is 6.92 Å². The van der Waals surface area contributed by atoms with Gasteiger partial charge in [0.15, 0.2) is 5.65 Å². The van der Waals surface area contributed by atoms with Gasteiger partial charge in [0.2, 0.25) is 0 Å². The Hall–Kier alpha value is -4.01. The van der Waals surface area contributed by atoms with Crippen LogP contribution in [0.2, 0.25) is 0 Å². The number of carbonyl (C=O) groups excluding carboxylic acids is 2. The molecule has 0 N–H and O–H groups in total. The third kappa shape index (κ3) is 3.65. The van der Waals surface area contributed by atoms with E-state index in [1.54, 1.807) is 36.5 Å². The van der Waals surface area contributed by atoms with Crippen molar-refractivity contribution in [1.29, 1.82) is 0 Å². The first-order valence-corrected chi connectivity index (χ1v) is 9.79. The van der Waals surface area contributed by atoms with Crippen molar-refractivity contribution in [3.63, 3.8) is 0 Å². The maximum absolute atomic E-state index is 13.1. The molecule has 0 atom stereocenters. The van der Waals surface area contributed by atoms with Crippen LogP contribution in [-0.4, -0.2) is 44.8 Å². The first-order chi connectivity index (χ1) is 15.0. The zero-order valence-electron chi connectivity index (χ0n) is 17.1. The van der Waals surface area contributed by atoms with E-state index in [2.05, 4.69) is 10.1 Å². The molecule has 0 spiro atoms. The number of carbonyl (C=O) groups is 2. The highest BCUT2D eigenvalue weighted by Gasteiger charge is 2.17. The van der Waals surface area contributed by atoms with E-state index in [9.17, 15) is 14.4 Å². The standard InChI is InChI=1S/C22H20N4O5/c1-3-4-11-31-21(28)14-5-7-15(8-6-14)25-10-9-18-16(20(25)27)12-23-19-17(22(29)30-2)13-24-26(18)19/h5-10,12-13H,3-4,11H2,1-2H3. The number of ether oxygens (including phenoxy) is 2. The maximum Gasteiger partial charge on any atom is 0.343 e. The molecule has 4 rings (SSSR count). The second-order valence-corrected chi connectivity index (χ2v) is 6.87. The van der Waals surface area contributed by atoms with Gasteiger partial charge in [-0.3, -0.25) is 9.36 Å². The van der Waals surface area contributed by atoms with Crippen LogP contribution in [0.1, 0.15) is 40.5 Å². The number of hydrogen-bond acceptors (Lipinski definition) is 7. The van der Waals surface area contributed by atoms with Gasteiger partial charge in [0.1, 0.15) is 5.56 Å². The van der Waals surface area contributed by atoms with Crippen molar-refractivity contribution >= 4 is 28.5 Å². The van der Waals surface area contributed by atoms with Gasteiger partial charge in [0, 0.05) is 18.1 Å². The van der Waals surface area contributed by atoms with Gasteiger partial charge in [-0.25, -0.2) is 19.1 Å². The third-order valence-corrected chi connectivity index (χ3v) is 4.91. The van der Waals surface area contributed by atoms with Crippen molar-refractivity contribution < 1.29 is 19.1 Å². The second kappa shape index (κ2) is 8.39. The summed E-state index contributed by atoms with van der Waals surface area (Å²) in [5.74, 6) is -0.943. The molecule has 9 nitrogen and oxygen atoms in total. The molecule has 0 unspecified atom stereocenters. The number of rotatable bonds is 6. The minimum atomic E-state index is -0.552. The lowest BCUT2D eigenvalue weighted by molar-refractivity contribution is 0.0499. The fourth-order valence-corrected chi connectivity index (χ4v) is 3.22. The van der Waals surface area contributed by atoms with Crippen molar-refractivity contribution in [1.82, 2.24) is 19.2 Å². The fourth-order valence-electron chi connectivity index (χ4n) is 3.22.